The van der Waals surface area contributed by atoms with Crippen molar-refractivity contribution in [3.63, 3.8) is 0 Å². The van der Waals surface area contributed by atoms with Gasteiger partial charge in [-0.15, -0.1) is 0 Å². The number of hydrogen-bond acceptors (Lipinski definition) is 3. The maximum Gasteiger partial charge on any atom is 0.320 e. The maximum atomic E-state index is 11.4. The molecule has 1 heterocycles. The Morgan fingerprint density at radius 1 is 1.22 bits per heavy atom. The third kappa shape index (κ3) is 4.43. The lowest BCUT2D eigenvalue weighted by molar-refractivity contribution is -0.140. The van der Waals surface area contributed by atoms with Crippen molar-refractivity contribution in [3.8, 4) is 0 Å². The molecule has 2 N–H and O–H groups in total. The van der Waals surface area contributed by atoms with Gasteiger partial charge in [0.05, 0.1) is 17.8 Å². The Labute approximate surface area is 167 Å². The van der Waals surface area contributed by atoms with Crippen LogP contribution in [0.2, 0.25) is 10.0 Å². The van der Waals surface area contributed by atoms with Crippen LogP contribution in [0.4, 0.5) is 0 Å². The summed E-state index contributed by atoms with van der Waals surface area (Å²) in [5.74, 6) is -0.884. The van der Waals surface area contributed by atoms with Gasteiger partial charge in [-0.25, -0.2) is 0 Å². The molecule has 0 aliphatic rings. The van der Waals surface area contributed by atoms with Gasteiger partial charge in [0.15, 0.2) is 0 Å². The molecular weight excluding hydrogens is 385 g/mol. The molecule has 0 amide bonds. The number of carboxylic acid groups (broad SMARTS) is 1. The summed E-state index contributed by atoms with van der Waals surface area (Å²) in [6.07, 6.45) is 0. The summed E-state index contributed by atoms with van der Waals surface area (Å²) in [5.41, 5.74) is 2.69. The minimum atomic E-state index is -0.860. The highest BCUT2D eigenvalue weighted by atomic mass is 35.5. The molecule has 7 heteroatoms. The molecule has 3 aromatic rings. The van der Waals surface area contributed by atoms with Gasteiger partial charge in [-0.3, -0.25) is 14.8 Å². The van der Waals surface area contributed by atoms with E-state index in [0.29, 0.717) is 23.1 Å². The summed E-state index contributed by atoms with van der Waals surface area (Å²) < 4.78 is 1.88. The van der Waals surface area contributed by atoms with Crippen molar-refractivity contribution in [1.82, 2.24) is 15.1 Å². The van der Waals surface area contributed by atoms with Crippen molar-refractivity contribution in [2.45, 2.75) is 33.0 Å². The number of nitrogens with zero attached hydrogens (tertiary/aromatic N) is 2. The Kier molecular flexibility index (Phi) is 6.05. The summed E-state index contributed by atoms with van der Waals surface area (Å²) in [4.78, 5) is 11.4. The van der Waals surface area contributed by atoms with E-state index in [1.54, 1.807) is 12.1 Å². The Hall–Kier alpha value is -2.08. The van der Waals surface area contributed by atoms with Gasteiger partial charge in [-0.2, -0.15) is 5.10 Å². The molecule has 0 saturated heterocycles. The zero-order valence-electron chi connectivity index (χ0n) is 15.1. The number of carbonyl (C=O) groups is 1. The van der Waals surface area contributed by atoms with Crippen LogP contribution in [0.3, 0.4) is 0 Å². The quantitative estimate of drug-likeness (QED) is 0.602. The van der Waals surface area contributed by atoms with E-state index < -0.39 is 12.0 Å². The molecule has 0 saturated carbocycles. The van der Waals surface area contributed by atoms with E-state index in [2.05, 4.69) is 5.32 Å². The predicted octanol–water partition coefficient (Wildman–Crippen LogP) is 4.59. The van der Waals surface area contributed by atoms with Crippen molar-refractivity contribution in [3.05, 3.63) is 63.8 Å². The lowest BCUT2D eigenvalue weighted by Gasteiger charge is -2.17. The number of rotatable bonds is 7. The standard InChI is InChI=1S/C20H21Cl2N3O2/c1-12(2)19(20(26)27)23-10-17-15-5-3-4-6-18(15)25(24-17)11-13-7-8-14(21)9-16(13)22/h3-9,12,19,23H,10-11H2,1-2H3,(H,26,27). The van der Waals surface area contributed by atoms with Crippen LogP contribution in [0.1, 0.15) is 25.1 Å². The predicted molar refractivity (Wildman–Crippen MR) is 108 cm³/mol. The van der Waals surface area contributed by atoms with Gasteiger partial charge in [-0.1, -0.05) is 61.3 Å². The second kappa shape index (κ2) is 8.30. The summed E-state index contributed by atoms with van der Waals surface area (Å²) in [7, 11) is 0. The summed E-state index contributed by atoms with van der Waals surface area (Å²) >= 11 is 12.3. The molecule has 2 aromatic carbocycles. The molecule has 5 nitrogen and oxygen atoms in total. The van der Waals surface area contributed by atoms with E-state index in [1.165, 1.54) is 0 Å². The minimum absolute atomic E-state index is 0.0243. The van der Waals surface area contributed by atoms with E-state index in [0.717, 1.165) is 22.2 Å². The van der Waals surface area contributed by atoms with E-state index in [9.17, 15) is 9.90 Å². The Bertz CT molecular complexity index is 969. The average molecular weight is 406 g/mol. The highest BCUT2D eigenvalue weighted by Crippen LogP contribution is 2.24. The minimum Gasteiger partial charge on any atom is -0.480 e. The second-order valence-corrected chi connectivity index (χ2v) is 7.64. The zero-order valence-corrected chi connectivity index (χ0v) is 16.6. The third-order valence-corrected chi connectivity index (χ3v) is 5.08. The first-order chi connectivity index (χ1) is 12.9. The number of benzene rings is 2. The first kappa shape index (κ1) is 19.7. The Morgan fingerprint density at radius 3 is 2.63 bits per heavy atom. The number of nitrogens with one attached hydrogen (secondary N) is 1. The molecule has 0 radical (unpaired) electrons. The van der Waals surface area contributed by atoms with Crippen LogP contribution in [0.15, 0.2) is 42.5 Å². The topological polar surface area (TPSA) is 67.2 Å². The van der Waals surface area contributed by atoms with E-state index in [1.807, 2.05) is 48.9 Å². The third-order valence-electron chi connectivity index (χ3n) is 4.49. The molecule has 3 rings (SSSR count). The van der Waals surface area contributed by atoms with Gasteiger partial charge in [0.2, 0.25) is 0 Å². The monoisotopic (exact) mass is 405 g/mol. The normalized spacial score (nSPS) is 12.6. The lowest BCUT2D eigenvalue weighted by atomic mass is 10.0. The number of aliphatic carboxylic acids is 1. The number of carboxylic acids is 1. The van der Waals surface area contributed by atoms with Gasteiger partial charge in [0.1, 0.15) is 6.04 Å². The van der Waals surface area contributed by atoms with Crippen molar-refractivity contribution in [1.29, 1.82) is 0 Å². The van der Waals surface area contributed by atoms with Crippen molar-refractivity contribution in [2.24, 2.45) is 5.92 Å². The molecule has 1 unspecified atom stereocenters. The summed E-state index contributed by atoms with van der Waals surface area (Å²) in [6, 6.07) is 12.7. The van der Waals surface area contributed by atoms with Gasteiger partial charge in [-0.05, 0) is 29.7 Å². The smallest absolute Gasteiger partial charge is 0.320 e. The molecule has 27 heavy (non-hydrogen) atoms. The first-order valence-electron chi connectivity index (χ1n) is 8.71. The number of fused-ring (bicyclic) bond motifs is 1. The highest BCUT2D eigenvalue weighted by molar-refractivity contribution is 6.35. The molecule has 0 bridgehead atoms. The van der Waals surface area contributed by atoms with Crippen molar-refractivity contribution >= 4 is 40.1 Å². The van der Waals surface area contributed by atoms with Crippen molar-refractivity contribution < 1.29 is 9.90 Å². The molecule has 1 atom stereocenters. The molecule has 0 aliphatic heterocycles. The SMILES string of the molecule is CC(C)C(NCc1nn(Cc2ccc(Cl)cc2Cl)c2ccccc12)C(=O)O. The van der Waals surface area contributed by atoms with Crippen molar-refractivity contribution in [2.75, 3.05) is 0 Å². The fraction of sp³-hybridized carbons (Fsp3) is 0.300. The molecule has 142 valence electrons. The van der Waals surface area contributed by atoms with Crippen LogP contribution < -0.4 is 5.32 Å². The molecular formula is C20H21Cl2N3O2. The van der Waals surface area contributed by atoms with Crippen LogP contribution in [0, 0.1) is 5.92 Å². The van der Waals surface area contributed by atoms with E-state index >= 15 is 0 Å². The average Bonchev–Trinajstić information content (AvgIpc) is 2.95. The molecule has 0 fully saturated rings. The van der Waals surface area contributed by atoms with Crippen LogP contribution in [0.25, 0.3) is 10.9 Å². The molecule has 1 aromatic heterocycles. The fourth-order valence-electron chi connectivity index (χ4n) is 3.07. The lowest BCUT2D eigenvalue weighted by Crippen LogP contribution is -2.40. The maximum absolute atomic E-state index is 11.4. The number of para-hydroxylation sites is 1. The summed E-state index contributed by atoms with van der Waals surface area (Å²) in [5, 5.41) is 19.4. The zero-order chi connectivity index (χ0) is 19.6. The Balaban J connectivity index is 1.90. The number of halogens is 2. The molecule has 0 aliphatic carbocycles. The Morgan fingerprint density at radius 2 is 1.96 bits per heavy atom. The van der Waals surface area contributed by atoms with Gasteiger partial charge < -0.3 is 5.11 Å². The highest BCUT2D eigenvalue weighted by Gasteiger charge is 2.21. The fourth-order valence-corrected chi connectivity index (χ4v) is 3.54. The number of hydrogen-bond donors (Lipinski definition) is 2. The van der Waals surface area contributed by atoms with Crippen LogP contribution in [-0.4, -0.2) is 26.9 Å². The van der Waals surface area contributed by atoms with Crippen LogP contribution in [-0.2, 0) is 17.9 Å². The second-order valence-electron chi connectivity index (χ2n) is 6.80. The van der Waals surface area contributed by atoms with Gasteiger partial charge in [0.25, 0.3) is 0 Å². The molecule has 0 spiro atoms. The van der Waals surface area contributed by atoms with Crippen LogP contribution >= 0.6 is 23.2 Å². The first-order valence-corrected chi connectivity index (χ1v) is 9.47. The summed E-state index contributed by atoms with van der Waals surface area (Å²) in [6.45, 7) is 4.64. The number of aromatic nitrogens is 2. The van der Waals surface area contributed by atoms with Gasteiger partial charge >= 0.3 is 5.97 Å². The van der Waals surface area contributed by atoms with E-state index in [-0.39, 0.29) is 5.92 Å². The van der Waals surface area contributed by atoms with Crippen LogP contribution in [0.5, 0.6) is 0 Å². The van der Waals surface area contributed by atoms with E-state index in [4.69, 9.17) is 28.3 Å². The van der Waals surface area contributed by atoms with Gasteiger partial charge in [0, 0.05) is 22.0 Å². The largest absolute Gasteiger partial charge is 0.480 e.